The number of para-hydroxylation sites is 1. The van der Waals surface area contributed by atoms with E-state index >= 15 is 0 Å². The van der Waals surface area contributed by atoms with Crippen molar-refractivity contribution in [3.63, 3.8) is 0 Å². The molecule has 4 rings (SSSR count). The Labute approximate surface area is 176 Å². The number of pyridine rings is 1. The molecule has 154 valence electrons. The van der Waals surface area contributed by atoms with Gasteiger partial charge in [-0.15, -0.1) is 0 Å². The maximum absolute atomic E-state index is 12.9. The quantitative estimate of drug-likeness (QED) is 0.625. The average molecular weight is 403 g/mol. The lowest BCUT2D eigenvalue weighted by Gasteiger charge is -2.34. The standard InChI is InChI=1S/C24H25N3O3/c1-17(28)27-14-12-26(13-15-27)16-21-23(24(29)30-2)22(18-8-4-3-5-9-18)19-10-6-7-11-20(19)25-21/h3-11H,12-16H2,1-2H3. The van der Waals surface area contributed by atoms with Crippen LogP contribution >= 0.6 is 0 Å². The average Bonchev–Trinajstić information content (AvgIpc) is 2.78. The van der Waals surface area contributed by atoms with E-state index < -0.39 is 0 Å². The molecule has 3 aromatic rings. The molecule has 1 aliphatic heterocycles. The molecule has 0 atom stereocenters. The Morgan fingerprint density at radius 1 is 0.967 bits per heavy atom. The number of rotatable bonds is 4. The molecule has 0 saturated carbocycles. The topological polar surface area (TPSA) is 62.7 Å². The molecule has 2 heterocycles. The number of aromatic nitrogens is 1. The van der Waals surface area contributed by atoms with Crippen molar-refractivity contribution in [2.24, 2.45) is 0 Å². The molecule has 30 heavy (non-hydrogen) atoms. The van der Waals surface area contributed by atoms with E-state index in [0.29, 0.717) is 30.9 Å². The summed E-state index contributed by atoms with van der Waals surface area (Å²) >= 11 is 0. The molecule has 2 aromatic carbocycles. The van der Waals surface area contributed by atoms with Gasteiger partial charge in [-0.25, -0.2) is 4.79 Å². The number of nitrogens with zero attached hydrogens (tertiary/aromatic N) is 3. The first-order valence-corrected chi connectivity index (χ1v) is 10.1. The van der Waals surface area contributed by atoms with Crippen molar-refractivity contribution in [3.05, 3.63) is 65.9 Å². The summed E-state index contributed by atoms with van der Waals surface area (Å²) in [5.74, 6) is -0.287. The third-order valence-electron chi connectivity index (χ3n) is 5.61. The maximum Gasteiger partial charge on any atom is 0.340 e. The summed E-state index contributed by atoms with van der Waals surface area (Å²) in [5.41, 5.74) is 3.87. The van der Waals surface area contributed by atoms with Crippen molar-refractivity contribution in [2.45, 2.75) is 13.5 Å². The number of carbonyl (C=O) groups excluding carboxylic acids is 2. The predicted octanol–water partition coefficient (Wildman–Crippen LogP) is 3.35. The Balaban J connectivity index is 1.81. The van der Waals surface area contributed by atoms with Crippen LogP contribution in [0, 0.1) is 0 Å². The van der Waals surface area contributed by atoms with E-state index in [4.69, 9.17) is 9.72 Å². The van der Waals surface area contributed by atoms with Crippen molar-refractivity contribution >= 4 is 22.8 Å². The summed E-state index contributed by atoms with van der Waals surface area (Å²) in [4.78, 5) is 33.5. The highest BCUT2D eigenvalue weighted by molar-refractivity contribution is 6.07. The van der Waals surface area contributed by atoms with Crippen LogP contribution < -0.4 is 0 Å². The van der Waals surface area contributed by atoms with E-state index in [-0.39, 0.29) is 11.9 Å². The number of methoxy groups -OCH3 is 1. The summed E-state index contributed by atoms with van der Waals surface area (Å²) in [6, 6.07) is 17.8. The number of amides is 1. The molecule has 0 unspecified atom stereocenters. The van der Waals surface area contributed by atoms with Gasteiger partial charge in [0.1, 0.15) is 0 Å². The highest BCUT2D eigenvalue weighted by Crippen LogP contribution is 2.34. The second kappa shape index (κ2) is 8.63. The Bertz CT molecular complexity index is 1070. The van der Waals surface area contributed by atoms with Crippen LogP contribution in [0.25, 0.3) is 22.0 Å². The lowest BCUT2D eigenvalue weighted by molar-refractivity contribution is -0.130. The highest BCUT2D eigenvalue weighted by atomic mass is 16.5. The van der Waals surface area contributed by atoms with E-state index in [1.54, 1.807) is 6.92 Å². The molecule has 1 saturated heterocycles. The van der Waals surface area contributed by atoms with Gasteiger partial charge in [0.2, 0.25) is 5.91 Å². The normalized spacial score (nSPS) is 14.7. The largest absolute Gasteiger partial charge is 0.465 e. The van der Waals surface area contributed by atoms with Crippen LogP contribution in [-0.2, 0) is 16.1 Å². The Morgan fingerprint density at radius 2 is 1.63 bits per heavy atom. The zero-order valence-electron chi connectivity index (χ0n) is 17.3. The number of hydrogen-bond donors (Lipinski definition) is 0. The first kappa shape index (κ1) is 20.0. The van der Waals surface area contributed by atoms with Crippen molar-refractivity contribution in [2.75, 3.05) is 33.3 Å². The van der Waals surface area contributed by atoms with Gasteiger partial charge in [0.25, 0.3) is 0 Å². The van der Waals surface area contributed by atoms with Gasteiger partial charge < -0.3 is 9.64 Å². The monoisotopic (exact) mass is 403 g/mol. The Morgan fingerprint density at radius 3 is 2.30 bits per heavy atom. The van der Waals surface area contributed by atoms with Crippen LogP contribution in [0.1, 0.15) is 23.0 Å². The predicted molar refractivity (Wildman–Crippen MR) is 116 cm³/mol. The molecular weight excluding hydrogens is 378 g/mol. The van der Waals surface area contributed by atoms with Gasteiger partial charge in [0, 0.05) is 50.6 Å². The Hall–Kier alpha value is -3.25. The van der Waals surface area contributed by atoms with Crippen molar-refractivity contribution in [1.82, 2.24) is 14.8 Å². The van der Waals surface area contributed by atoms with Crippen molar-refractivity contribution < 1.29 is 14.3 Å². The fourth-order valence-corrected chi connectivity index (χ4v) is 4.04. The number of ether oxygens (including phenoxy) is 1. The van der Waals surface area contributed by atoms with E-state index in [1.807, 2.05) is 59.5 Å². The summed E-state index contributed by atoms with van der Waals surface area (Å²) in [6.07, 6.45) is 0. The second-order valence-corrected chi connectivity index (χ2v) is 7.47. The molecule has 0 aliphatic carbocycles. The number of esters is 1. The van der Waals surface area contributed by atoms with Gasteiger partial charge >= 0.3 is 5.97 Å². The smallest absolute Gasteiger partial charge is 0.340 e. The molecule has 1 aliphatic rings. The number of benzene rings is 2. The fraction of sp³-hybridized carbons (Fsp3) is 0.292. The molecule has 6 nitrogen and oxygen atoms in total. The Kier molecular flexibility index (Phi) is 5.77. The lowest BCUT2D eigenvalue weighted by atomic mass is 9.93. The summed E-state index contributed by atoms with van der Waals surface area (Å²) in [5, 5.41) is 0.925. The minimum absolute atomic E-state index is 0.0973. The van der Waals surface area contributed by atoms with Crippen LogP contribution in [0.4, 0.5) is 0 Å². The summed E-state index contributed by atoms with van der Waals surface area (Å²) < 4.78 is 5.18. The first-order valence-electron chi connectivity index (χ1n) is 10.1. The molecule has 1 amide bonds. The van der Waals surface area contributed by atoms with Gasteiger partial charge in [-0.05, 0) is 11.6 Å². The van der Waals surface area contributed by atoms with Gasteiger partial charge in [0.05, 0.1) is 23.9 Å². The number of fused-ring (bicyclic) bond motifs is 1. The zero-order chi connectivity index (χ0) is 21.1. The molecule has 0 bridgehead atoms. The maximum atomic E-state index is 12.9. The van der Waals surface area contributed by atoms with Crippen LogP contribution in [0.3, 0.4) is 0 Å². The van der Waals surface area contributed by atoms with E-state index in [1.165, 1.54) is 7.11 Å². The van der Waals surface area contributed by atoms with E-state index in [2.05, 4.69) is 4.90 Å². The van der Waals surface area contributed by atoms with Gasteiger partial charge in [-0.2, -0.15) is 0 Å². The second-order valence-electron chi connectivity index (χ2n) is 7.47. The van der Waals surface area contributed by atoms with Crippen molar-refractivity contribution in [1.29, 1.82) is 0 Å². The summed E-state index contributed by atoms with van der Waals surface area (Å²) in [6.45, 7) is 4.98. The summed E-state index contributed by atoms with van der Waals surface area (Å²) in [7, 11) is 1.40. The highest BCUT2D eigenvalue weighted by Gasteiger charge is 2.26. The molecule has 0 radical (unpaired) electrons. The van der Waals surface area contributed by atoms with Crippen LogP contribution in [-0.4, -0.2) is 59.9 Å². The lowest BCUT2D eigenvalue weighted by Crippen LogP contribution is -2.47. The zero-order valence-corrected chi connectivity index (χ0v) is 17.3. The fourth-order valence-electron chi connectivity index (χ4n) is 4.04. The number of hydrogen-bond acceptors (Lipinski definition) is 5. The minimum Gasteiger partial charge on any atom is -0.465 e. The van der Waals surface area contributed by atoms with Crippen molar-refractivity contribution in [3.8, 4) is 11.1 Å². The van der Waals surface area contributed by atoms with E-state index in [0.717, 1.165) is 35.1 Å². The van der Waals surface area contributed by atoms with E-state index in [9.17, 15) is 9.59 Å². The van der Waals surface area contributed by atoms with Crippen LogP contribution in [0.15, 0.2) is 54.6 Å². The van der Waals surface area contributed by atoms with Gasteiger partial charge in [-0.3, -0.25) is 14.7 Å². The molecule has 1 aromatic heterocycles. The molecule has 0 N–H and O–H groups in total. The SMILES string of the molecule is COC(=O)c1c(CN2CCN(C(C)=O)CC2)nc2ccccc2c1-c1ccccc1. The third kappa shape index (κ3) is 3.91. The minimum atomic E-state index is -0.385. The van der Waals surface area contributed by atoms with Gasteiger partial charge in [0.15, 0.2) is 0 Å². The number of piperazine rings is 1. The molecule has 6 heteroatoms. The molecule has 0 spiro atoms. The first-order chi connectivity index (χ1) is 14.6. The van der Waals surface area contributed by atoms with Gasteiger partial charge in [-0.1, -0.05) is 48.5 Å². The molecular formula is C24H25N3O3. The van der Waals surface area contributed by atoms with Crippen LogP contribution in [0.5, 0.6) is 0 Å². The number of carbonyl (C=O) groups is 2. The molecule has 1 fully saturated rings. The third-order valence-corrected chi connectivity index (χ3v) is 5.61. The van der Waals surface area contributed by atoms with Crippen LogP contribution in [0.2, 0.25) is 0 Å².